The molecular formula is C9H9FN2O5. The van der Waals surface area contributed by atoms with Crippen LogP contribution in [0.1, 0.15) is 13.2 Å². The van der Waals surface area contributed by atoms with E-state index in [4.69, 9.17) is 0 Å². The van der Waals surface area contributed by atoms with Gasteiger partial charge in [-0.25, -0.2) is 9.18 Å². The Labute approximate surface area is 94.6 Å². The topological polar surface area (TPSA) is 91.4 Å². The third kappa shape index (κ3) is 2.86. The van der Waals surface area contributed by atoms with Gasteiger partial charge in [0.25, 0.3) is 17.5 Å². The Morgan fingerprint density at radius 2 is 2.29 bits per heavy atom. The lowest BCUT2D eigenvalue weighted by Gasteiger charge is -2.09. The molecule has 0 bridgehead atoms. The van der Waals surface area contributed by atoms with Gasteiger partial charge in [-0.15, -0.1) is 0 Å². The van der Waals surface area contributed by atoms with Crippen molar-refractivity contribution < 1.29 is 18.8 Å². The van der Waals surface area contributed by atoms with Crippen LogP contribution in [-0.4, -0.2) is 22.1 Å². The van der Waals surface area contributed by atoms with Gasteiger partial charge in [-0.05, 0) is 6.92 Å². The Balaban J connectivity index is 3.12. The van der Waals surface area contributed by atoms with Crippen molar-refractivity contribution in [2.24, 2.45) is 0 Å². The van der Waals surface area contributed by atoms with Crippen LogP contribution in [0.25, 0.3) is 0 Å². The van der Waals surface area contributed by atoms with E-state index in [0.29, 0.717) is 10.8 Å². The van der Waals surface area contributed by atoms with Crippen LogP contribution in [0.2, 0.25) is 0 Å². The molecule has 8 heteroatoms. The summed E-state index contributed by atoms with van der Waals surface area (Å²) in [4.78, 5) is 31.9. The number of rotatable bonds is 4. The van der Waals surface area contributed by atoms with E-state index in [0.717, 1.165) is 12.1 Å². The first kappa shape index (κ1) is 12.8. The van der Waals surface area contributed by atoms with Crippen LogP contribution in [0.15, 0.2) is 23.1 Å². The number of alkyl halides is 1. The molecule has 1 aromatic heterocycles. The van der Waals surface area contributed by atoms with Gasteiger partial charge in [-0.3, -0.25) is 19.5 Å². The van der Waals surface area contributed by atoms with Gasteiger partial charge in [-0.1, -0.05) is 0 Å². The number of nitrogens with zero attached hydrogens (tertiary/aromatic N) is 2. The number of pyridine rings is 1. The third-order valence-corrected chi connectivity index (χ3v) is 1.86. The number of hydrogen-bond acceptors (Lipinski definition) is 5. The maximum Gasteiger partial charge on any atom is 0.362 e. The van der Waals surface area contributed by atoms with E-state index in [1.54, 1.807) is 0 Å². The van der Waals surface area contributed by atoms with Crippen LogP contribution in [0.3, 0.4) is 0 Å². The molecule has 0 aromatic carbocycles. The molecular weight excluding hydrogens is 235 g/mol. The van der Waals surface area contributed by atoms with Crippen molar-refractivity contribution in [1.29, 1.82) is 0 Å². The van der Waals surface area contributed by atoms with Crippen molar-refractivity contribution in [2.75, 3.05) is 6.61 Å². The quantitative estimate of drug-likeness (QED) is 0.443. The number of aromatic nitrogens is 1. The summed E-state index contributed by atoms with van der Waals surface area (Å²) in [6, 6.07) is 1.74. The number of ether oxygens (including phenoxy) is 1. The van der Waals surface area contributed by atoms with Crippen LogP contribution in [0, 0.1) is 10.1 Å². The van der Waals surface area contributed by atoms with Crippen LogP contribution in [-0.2, 0) is 9.53 Å². The molecule has 1 atom stereocenters. The minimum absolute atomic E-state index is 0.0526. The largest absolute Gasteiger partial charge is 0.462 e. The van der Waals surface area contributed by atoms with E-state index in [9.17, 15) is 24.1 Å². The molecule has 0 aliphatic heterocycles. The molecule has 0 fully saturated rings. The summed E-state index contributed by atoms with van der Waals surface area (Å²) >= 11 is 0. The highest BCUT2D eigenvalue weighted by molar-refractivity contribution is 5.72. The second-order valence-electron chi connectivity index (χ2n) is 2.98. The van der Waals surface area contributed by atoms with E-state index in [-0.39, 0.29) is 6.61 Å². The number of carbonyl (C=O) groups excluding carboxylic acids is 1. The lowest BCUT2D eigenvalue weighted by atomic mass is 10.4. The predicted octanol–water partition coefficient (Wildman–Crippen LogP) is 0.788. The van der Waals surface area contributed by atoms with Crippen LogP contribution in [0.5, 0.6) is 0 Å². The number of hydrogen-bond donors (Lipinski definition) is 0. The van der Waals surface area contributed by atoms with E-state index >= 15 is 0 Å². The molecule has 0 aliphatic carbocycles. The minimum Gasteiger partial charge on any atom is -0.462 e. The van der Waals surface area contributed by atoms with Gasteiger partial charge < -0.3 is 4.74 Å². The van der Waals surface area contributed by atoms with Gasteiger partial charge in [0.2, 0.25) is 0 Å². The van der Waals surface area contributed by atoms with Gasteiger partial charge in [0.1, 0.15) is 0 Å². The molecule has 1 unspecified atom stereocenters. The molecule has 92 valence electrons. The van der Waals surface area contributed by atoms with E-state index < -0.39 is 28.4 Å². The van der Waals surface area contributed by atoms with Gasteiger partial charge in [0, 0.05) is 12.1 Å². The fraction of sp³-hybridized carbons (Fsp3) is 0.333. The lowest BCUT2D eigenvalue weighted by molar-refractivity contribution is -0.385. The first-order chi connectivity index (χ1) is 7.97. The average Bonchev–Trinajstić information content (AvgIpc) is 2.28. The summed E-state index contributed by atoms with van der Waals surface area (Å²) in [5, 5.41) is 10.4. The van der Waals surface area contributed by atoms with Crippen molar-refractivity contribution >= 4 is 11.7 Å². The molecule has 0 N–H and O–H groups in total. The molecule has 0 radical (unpaired) electrons. The second kappa shape index (κ2) is 5.19. The van der Waals surface area contributed by atoms with E-state index in [2.05, 4.69) is 4.74 Å². The highest BCUT2D eigenvalue weighted by Crippen LogP contribution is 2.13. The van der Waals surface area contributed by atoms with Crippen molar-refractivity contribution in [1.82, 2.24) is 4.57 Å². The summed E-state index contributed by atoms with van der Waals surface area (Å²) in [7, 11) is 0. The standard InChI is InChI=1S/C9H9FN2O5/c1-2-17-9(14)8(10)11-5-6(12(15)16)3-4-7(11)13/h3-5,8H,2H2,1H3. The number of halogens is 1. The maximum atomic E-state index is 13.5. The van der Waals surface area contributed by atoms with E-state index in [1.807, 2.05) is 0 Å². The highest BCUT2D eigenvalue weighted by Gasteiger charge is 2.23. The van der Waals surface area contributed by atoms with Gasteiger partial charge in [0.05, 0.1) is 17.7 Å². The molecule has 0 spiro atoms. The van der Waals surface area contributed by atoms with Gasteiger partial charge >= 0.3 is 5.97 Å². The summed E-state index contributed by atoms with van der Waals surface area (Å²) < 4.78 is 18.2. The number of esters is 1. The molecule has 0 saturated carbocycles. The van der Waals surface area contributed by atoms with E-state index in [1.165, 1.54) is 6.92 Å². The maximum absolute atomic E-state index is 13.5. The normalized spacial score (nSPS) is 11.9. The molecule has 0 saturated heterocycles. The van der Waals surface area contributed by atoms with Crippen LogP contribution in [0.4, 0.5) is 10.1 Å². The van der Waals surface area contributed by atoms with Crippen molar-refractivity contribution in [3.63, 3.8) is 0 Å². The zero-order chi connectivity index (χ0) is 13.0. The number of carbonyl (C=O) groups is 1. The fourth-order valence-electron chi connectivity index (χ4n) is 1.10. The average molecular weight is 244 g/mol. The SMILES string of the molecule is CCOC(=O)C(F)n1cc([N+](=O)[O-])ccc1=O. The zero-order valence-electron chi connectivity index (χ0n) is 8.83. The number of nitro groups is 1. The Bertz CT molecular complexity index is 498. The third-order valence-electron chi connectivity index (χ3n) is 1.86. The summed E-state index contributed by atoms with van der Waals surface area (Å²) in [6.45, 7) is 1.42. The molecule has 0 aliphatic rings. The Hall–Kier alpha value is -2.25. The molecule has 1 heterocycles. The smallest absolute Gasteiger partial charge is 0.362 e. The molecule has 0 amide bonds. The Kier molecular flexibility index (Phi) is 3.91. The van der Waals surface area contributed by atoms with Crippen molar-refractivity contribution in [3.05, 3.63) is 38.8 Å². The van der Waals surface area contributed by atoms with Crippen LogP contribution >= 0.6 is 0 Å². The zero-order valence-corrected chi connectivity index (χ0v) is 8.83. The molecule has 17 heavy (non-hydrogen) atoms. The monoisotopic (exact) mass is 244 g/mol. The fourth-order valence-corrected chi connectivity index (χ4v) is 1.10. The Morgan fingerprint density at radius 3 is 2.82 bits per heavy atom. The Morgan fingerprint density at radius 1 is 1.65 bits per heavy atom. The molecule has 1 aromatic rings. The van der Waals surface area contributed by atoms with Crippen LogP contribution < -0.4 is 5.56 Å². The minimum atomic E-state index is -2.39. The first-order valence-electron chi connectivity index (χ1n) is 4.64. The molecule has 1 rings (SSSR count). The molecule has 7 nitrogen and oxygen atoms in total. The lowest BCUT2D eigenvalue weighted by Crippen LogP contribution is -2.27. The summed E-state index contributed by atoms with van der Waals surface area (Å²) in [6.07, 6.45) is -1.73. The highest BCUT2D eigenvalue weighted by atomic mass is 19.1. The first-order valence-corrected chi connectivity index (χ1v) is 4.64. The summed E-state index contributed by atoms with van der Waals surface area (Å²) in [5.41, 5.74) is -1.35. The van der Waals surface area contributed by atoms with Crippen molar-refractivity contribution in [3.8, 4) is 0 Å². The van der Waals surface area contributed by atoms with Gasteiger partial charge in [0.15, 0.2) is 0 Å². The van der Waals surface area contributed by atoms with Gasteiger partial charge in [-0.2, -0.15) is 0 Å². The second-order valence-corrected chi connectivity index (χ2v) is 2.98. The predicted molar refractivity (Wildman–Crippen MR) is 54.1 cm³/mol. The van der Waals surface area contributed by atoms with Crippen molar-refractivity contribution in [2.45, 2.75) is 13.2 Å². The summed E-state index contributed by atoms with van der Waals surface area (Å²) in [5.74, 6) is -1.27.